The van der Waals surface area contributed by atoms with Gasteiger partial charge in [0.1, 0.15) is 0 Å². The zero-order valence-electron chi connectivity index (χ0n) is 17.4. The molecule has 1 atom stereocenters. The Morgan fingerprint density at radius 3 is 2.48 bits per heavy atom. The number of benzene rings is 2. The third-order valence-corrected chi connectivity index (χ3v) is 7.54. The van der Waals surface area contributed by atoms with Crippen LogP contribution in [0.5, 0.6) is 0 Å². The molecule has 4 rings (SSSR count). The number of pyridine rings is 1. The molecule has 1 aliphatic heterocycles. The summed E-state index contributed by atoms with van der Waals surface area (Å²) in [4.78, 5) is 19.2. The first-order chi connectivity index (χ1) is 14.9. The van der Waals surface area contributed by atoms with Crippen molar-refractivity contribution >= 4 is 32.5 Å². The van der Waals surface area contributed by atoms with Crippen LogP contribution in [0.15, 0.2) is 66.9 Å². The molecule has 162 valence electrons. The van der Waals surface area contributed by atoms with E-state index >= 15 is 0 Å². The quantitative estimate of drug-likeness (QED) is 0.640. The van der Waals surface area contributed by atoms with Crippen molar-refractivity contribution in [2.24, 2.45) is 0 Å². The van der Waals surface area contributed by atoms with E-state index in [1.807, 2.05) is 72.5 Å². The number of carbonyl (C=O) groups is 1. The van der Waals surface area contributed by atoms with Gasteiger partial charge in [0, 0.05) is 37.8 Å². The second kappa shape index (κ2) is 9.13. The van der Waals surface area contributed by atoms with Crippen LogP contribution >= 0.6 is 0 Å². The van der Waals surface area contributed by atoms with Crippen molar-refractivity contribution in [1.29, 1.82) is 0 Å². The molecule has 0 aliphatic carbocycles. The SMILES string of the molecule is C[C@@H](C(=O)Nc1cccc2ncccc12)N1CCN(S(=O)(=O)Cc2ccccc2)CC1. The monoisotopic (exact) mass is 438 g/mol. The van der Waals surface area contributed by atoms with Crippen molar-refractivity contribution in [3.8, 4) is 0 Å². The number of carbonyl (C=O) groups excluding carboxylic acids is 1. The second-order valence-corrected chi connectivity index (χ2v) is 9.69. The van der Waals surface area contributed by atoms with Crippen LogP contribution in [-0.4, -0.2) is 60.7 Å². The van der Waals surface area contributed by atoms with Crippen LogP contribution < -0.4 is 5.32 Å². The lowest BCUT2D eigenvalue weighted by Crippen LogP contribution is -2.54. The third-order valence-electron chi connectivity index (χ3n) is 5.69. The summed E-state index contributed by atoms with van der Waals surface area (Å²) in [5, 5.41) is 3.89. The third kappa shape index (κ3) is 4.92. The zero-order valence-corrected chi connectivity index (χ0v) is 18.3. The molecule has 1 aromatic heterocycles. The van der Waals surface area contributed by atoms with Gasteiger partial charge in [-0.3, -0.25) is 14.7 Å². The number of nitrogens with zero attached hydrogens (tertiary/aromatic N) is 3. The molecule has 8 heteroatoms. The van der Waals surface area contributed by atoms with Crippen molar-refractivity contribution in [3.05, 3.63) is 72.4 Å². The molecule has 0 spiro atoms. The highest BCUT2D eigenvalue weighted by Gasteiger charge is 2.31. The Morgan fingerprint density at radius 1 is 1.00 bits per heavy atom. The number of sulfonamides is 1. The summed E-state index contributed by atoms with van der Waals surface area (Å²) in [5.41, 5.74) is 2.33. The number of hydrogen-bond acceptors (Lipinski definition) is 5. The molecule has 0 unspecified atom stereocenters. The average Bonchev–Trinajstić information content (AvgIpc) is 2.79. The molecule has 7 nitrogen and oxygen atoms in total. The Hall–Kier alpha value is -2.81. The Morgan fingerprint density at radius 2 is 1.74 bits per heavy atom. The molecule has 1 fully saturated rings. The number of piperazine rings is 1. The number of fused-ring (bicyclic) bond motifs is 1. The summed E-state index contributed by atoms with van der Waals surface area (Å²) in [6.07, 6.45) is 1.72. The highest BCUT2D eigenvalue weighted by Crippen LogP contribution is 2.22. The van der Waals surface area contributed by atoms with Gasteiger partial charge in [0.15, 0.2) is 0 Å². The minimum Gasteiger partial charge on any atom is -0.324 e. The van der Waals surface area contributed by atoms with Gasteiger partial charge in [0.2, 0.25) is 15.9 Å². The highest BCUT2D eigenvalue weighted by atomic mass is 32.2. The Balaban J connectivity index is 1.36. The molecule has 2 heterocycles. The van der Waals surface area contributed by atoms with Gasteiger partial charge in [0.25, 0.3) is 0 Å². The summed E-state index contributed by atoms with van der Waals surface area (Å²) in [5.74, 6) is -0.115. The van der Waals surface area contributed by atoms with Crippen LogP contribution in [-0.2, 0) is 20.6 Å². The molecule has 0 saturated carbocycles. The van der Waals surface area contributed by atoms with E-state index in [0.29, 0.717) is 26.2 Å². The number of aromatic nitrogens is 1. The van der Waals surface area contributed by atoms with Crippen LogP contribution in [0.25, 0.3) is 10.9 Å². The predicted octanol–water partition coefficient (Wildman–Crippen LogP) is 2.71. The van der Waals surface area contributed by atoms with Crippen LogP contribution in [0.1, 0.15) is 12.5 Å². The number of anilines is 1. The summed E-state index contributed by atoms with van der Waals surface area (Å²) < 4.78 is 27.0. The first-order valence-electron chi connectivity index (χ1n) is 10.3. The maximum absolute atomic E-state index is 12.9. The summed E-state index contributed by atoms with van der Waals surface area (Å²) in [6, 6.07) is 18.2. The van der Waals surface area contributed by atoms with Gasteiger partial charge in [-0.15, -0.1) is 0 Å². The molecule has 0 radical (unpaired) electrons. The fourth-order valence-electron chi connectivity index (χ4n) is 3.86. The summed E-state index contributed by atoms with van der Waals surface area (Å²) in [6.45, 7) is 3.64. The van der Waals surface area contributed by atoms with Crippen molar-refractivity contribution in [2.75, 3.05) is 31.5 Å². The van der Waals surface area contributed by atoms with E-state index in [-0.39, 0.29) is 17.7 Å². The van der Waals surface area contributed by atoms with E-state index in [2.05, 4.69) is 10.3 Å². The van der Waals surface area contributed by atoms with Gasteiger partial charge < -0.3 is 5.32 Å². The Bertz CT molecular complexity index is 1150. The van der Waals surface area contributed by atoms with Gasteiger partial charge in [-0.1, -0.05) is 36.4 Å². The lowest BCUT2D eigenvalue weighted by atomic mass is 10.1. The van der Waals surface area contributed by atoms with Crippen molar-refractivity contribution < 1.29 is 13.2 Å². The van der Waals surface area contributed by atoms with Crippen LogP contribution in [0.3, 0.4) is 0 Å². The first kappa shape index (κ1) is 21.4. The lowest BCUT2D eigenvalue weighted by Gasteiger charge is -2.36. The summed E-state index contributed by atoms with van der Waals surface area (Å²) in [7, 11) is -3.38. The van der Waals surface area contributed by atoms with Crippen molar-refractivity contribution in [1.82, 2.24) is 14.2 Å². The molecule has 3 aromatic rings. The van der Waals surface area contributed by atoms with Gasteiger partial charge in [-0.2, -0.15) is 4.31 Å². The van der Waals surface area contributed by atoms with Crippen molar-refractivity contribution in [3.63, 3.8) is 0 Å². The molecule has 0 bridgehead atoms. The second-order valence-electron chi connectivity index (χ2n) is 7.72. The predicted molar refractivity (Wildman–Crippen MR) is 122 cm³/mol. The van der Waals surface area contributed by atoms with E-state index in [0.717, 1.165) is 22.2 Å². The van der Waals surface area contributed by atoms with E-state index in [9.17, 15) is 13.2 Å². The largest absolute Gasteiger partial charge is 0.324 e. The minimum absolute atomic E-state index is 0.000995. The highest BCUT2D eigenvalue weighted by molar-refractivity contribution is 7.88. The Kier molecular flexibility index (Phi) is 6.31. The number of rotatable bonds is 6. The standard InChI is InChI=1S/C23H26N4O3S/c1-18(23(28)25-22-11-5-10-21-20(22)9-6-12-24-21)26-13-15-27(16-14-26)31(29,30)17-19-7-3-2-4-8-19/h2-12,18H,13-17H2,1H3,(H,25,28)/t18-/m0/s1. The topological polar surface area (TPSA) is 82.6 Å². The van der Waals surface area contributed by atoms with Gasteiger partial charge in [-0.05, 0) is 36.8 Å². The molecule has 1 saturated heterocycles. The van der Waals surface area contributed by atoms with Gasteiger partial charge in [0.05, 0.1) is 23.0 Å². The fourth-order valence-corrected chi connectivity index (χ4v) is 5.38. The molecule has 1 aliphatic rings. The first-order valence-corrected chi connectivity index (χ1v) is 12.0. The van der Waals surface area contributed by atoms with Crippen LogP contribution in [0.2, 0.25) is 0 Å². The van der Waals surface area contributed by atoms with Crippen LogP contribution in [0.4, 0.5) is 5.69 Å². The molecule has 1 amide bonds. The molecule has 2 aromatic carbocycles. The van der Waals surface area contributed by atoms with E-state index in [1.165, 1.54) is 4.31 Å². The molecular weight excluding hydrogens is 412 g/mol. The normalized spacial score (nSPS) is 16.8. The van der Waals surface area contributed by atoms with E-state index in [4.69, 9.17) is 0 Å². The minimum atomic E-state index is -3.38. The van der Waals surface area contributed by atoms with Gasteiger partial charge >= 0.3 is 0 Å². The lowest BCUT2D eigenvalue weighted by molar-refractivity contribution is -0.121. The maximum Gasteiger partial charge on any atom is 0.241 e. The summed E-state index contributed by atoms with van der Waals surface area (Å²) >= 11 is 0. The van der Waals surface area contributed by atoms with E-state index in [1.54, 1.807) is 6.20 Å². The average molecular weight is 439 g/mol. The molecule has 1 N–H and O–H groups in total. The zero-order chi connectivity index (χ0) is 21.8. The molecular formula is C23H26N4O3S. The van der Waals surface area contributed by atoms with Gasteiger partial charge in [-0.25, -0.2) is 8.42 Å². The number of amides is 1. The maximum atomic E-state index is 12.9. The van der Waals surface area contributed by atoms with Crippen molar-refractivity contribution in [2.45, 2.75) is 18.7 Å². The number of hydrogen-bond donors (Lipinski definition) is 1. The number of nitrogens with one attached hydrogen (secondary N) is 1. The van der Waals surface area contributed by atoms with E-state index < -0.39 is 10.0 Å². The smallest absolute Gasteiger partial charge is 0.241 e. The van der Waals surface area contributed by atoms with Crippen LogP contribution in [0, 0.1) is 0 Å². The fraction of sp³-hybridized carbons (Fsp3) is 0.304. The Labute approximate surface area is 182 Å². The molecule has 31 heavy (non-hydrogen) atoms.